The maximum atomic E-state index is 12.1. The Hall–Kier alpha value is -0.970. The van der Waals surface area contributed by atoms with Crippen LogP contribution in [-0.4, -0.2) is 24.5 Å². The zero-order valence-corrected chi connectivity index (χ0v) is 13.4. The first-order valence-electron chi connectivity index (χ1n) is 4.77. The summed E-state index contributed by atoms with van der Waals surface area (Å²) in [6.45, 7) is 1.75. The fourth-order valence-electron chi connectivity index (χ4n) is 1.21. The minimum Gasteiger partial charge on any atom is -0.477 e. The Morgan fingerprint density at radius 3 is 2.68 bits per heavy atom. The Kier molecular flexibility index (Phi) is 3.95. The lowest BCUT2D eigenvalue weighted by Crippen LogP contribution is -2.12. The molecule has 0 aliphatic heterocycles. The average Bonchev–Trinajstić information content (AvgIpc) is 2.85. The highest BCUT2D eigenvalue weighted by Gasteiger charge is 2.24. The van der Waals surface area contributed by atoms with E-state index in [0.29, 0.717) is 5.69 Å². The molecule has 102 valence electrons. The van der Waals surface area contributed by atoms with Gasteiger partial charge in [-0.05, 0) is 28.9 Å². The Morgan fingerprint density at radius 1 is 1.53 bits per heavy atom. The molecule has 0 fully saturated rings. The monoisotopic (exact) mass is 382 g/mol. The van der Waals surface area contributed by atoms with E-state index >= 15 is 0 Å². The summed E-state index contributed by atoms with van der Waals surface area (Å²) in [6, 6.07) is 1.11. The first kappa shape index (κ1) is 14.4. The molecule has 2 aromatic heterocycles. The highest BCUT2D eigenvalue weighted by molar-refractivity contribution is 9.11. The molecule has 0 saturated carbocycles. The lowest BCUT2D eigenvalue weighted by molar-refractivity contribution is 0.0702. The second-order valence-corrected chi connectivity index (χ2v) is 8.33. The van der Waals surface area contributed by atoms with Crippen LogP contribution in [0.3, 0.4) is 0 Å². The molecule has 0 aliphatic carbocycles. The van der Waals surface area contributed by atoms with E-state index in [1.165, 1.54) is 0 Å². The van der Waals surface area contributed by atoms with E-state index in [-0.39, 0.29) is 18.7 Å². The third-order valence-electron chi connectivity index (χ3n) is 2.00. The molecular weight excluding hydrogens is 376 g/mol. The molecular formula is C9H7BrN2O4S3. The summed E-state index contributed by atoms with van der Waals surface area (Å²) in [5, 5.41) is 10.8. The van der Waals surface area contributed by atoms with Gasteiger partial charge in [0.05, 0.1) is 9.48 Å². The molecule has 10 heteroatoms. The number of sulfonamides is 1. The molecule has 0 saturated heterocycles. The standard InChI is InChI=1S/C9H7BrN2O4S3/c1-4-3-17-9(11-4)12-19(15,16)6-2-5(8(13)14)18-7(6)10/h2-3H,1H3,(H,11,12)(H,13,14). The predicted octanol–water partition coefficient (Wildman–Crippen LogP) is 2.77. The van der Waals surface area contributed by atoms with Crippen molar-refractivity contribution in [3.8, 4) is 0 Å². The molecule has 0 amide bonds. The lowest BCUT2D eigenvalue weighted by Gasteiger charge is -2.02. The summed E-state index contributed by atoms with van der Waals surface area (Å²) in [7, 11) is -3.85. The number of carboxylic acids is 1. The van der Waals surface area contributed by atoms with Gasteiger partial charge in [0.25, 0.3) is 10.0 Å². The van der Waals surface area contributed by atoms with Gasteiger partial charge in [0.2, 0.25) is 0 Å². The third-order valence-corrected chi connectivity index (χ3v) is 6.58. The van der Waals surface area contributed by atoms with Crippen molar-refractivity contribution in [3.05, 3.63) is 25.8 Å². The van der Waals surface area contributed by atoms with E-state index in [1.807, 2.05) is 0 Å². The topological polar surface area (TPSA) is 96.4 Å². The number of aromatic carboxylic acids is 1. The quantitative estimate of drug-likeness (QED) is 0.847. The molecule has 0 unspecified atom stereocenters. The molecule has 19 heavy (non-hydrogen) atoms. The van der Waals surface area contributed by atoms with E-state index < -0.39 is 16.0 Å². The fourth-order valence-corrected chi connectivity index (χ4v) is 5.56. The Balaban J connectivity index is 2.37. The van der Waals surface area contributed by atoms with Crippen molar-refractivity contribution >= 4 is 59.7 Å². The molecule has 2 rings (SSSR count). The lowest BCUT2D eigenvalue weighted by atomic mass is 10.5. The number of hydrogen-bond acceptors (Lipinski definition) is 6. The van der Waals surface area contributed by atoms with Crippen LogP contribution in [0.5, 0.6) is 0 Å². The van der Waals surface area contributed by atoms with Gasteiger partial charge in [-0.2, -0.15) is 0 Å². The van der Waals surface area contributed by atoms with E-state index in [9.17, 15) is 13.2 Å². The van der Waals surface area contributed by atoms with E-state index in [2.05, 4.69) is 25.6 Å². The average molecular weight is 383 g/mol. The Morgan fingerprint density at radius 2 is 2.21 bits per heavy atom. The number of aryl methyl sites for hydroxylation is 1. The molecule has 0 atom stereocenters. The van der Waals surface area contributed by atoms with Crippen LogP contribution in [0.25, 0.3) is 0 Å². The van der Waals surface area contributed by atoms with Crippen molar-refractivity contribution in [1.29, 1.82) is 0 Å². The van der Waals surface area contributed by atoms with Crippen molar-refractivity contribution in [2.75, 3.05) is 4.72 Å². The molecule has 0 aromatic carbocycles. The number of anilines is 1. The van der Waals surface area contributed by atoms with Crippen molar-refractivity contribution in [3.63, 3.8) is 0 Å². The zero-order valence-electron chi connectivity index (χ0n) is 9.38. The number of thiazole rings is 1. The number of nitrogens with zero attached hydrogens (tertiary/aromatic N) is 1. The first-order valence-corrected chi connectivity index (χ1v) is 8.74. The number of carboxylic acid groups (broad SMARTS) is 1. The van der Waals surface area contributed by atoms with Gasteiger partial charge >= 0.3 is 5.97 Å². The van der Waals surface area contributed by atoms with Gasteiger partial charge in [-0.25, -0.2) is 18.2 Å². The van der Waals surface area contributed by atoms with Gasteiger partial charge < -0.3 is 5.11 Å². The number of aromatic nitrogens is 1. The van der Waals surface area contributed by atoms with Gasteiger partial charge in [0.15, 0.2) is 5.13 Å². The van der Waals surface area contributed by atoms with Gasteiger partial charge in [-0.3, -0.25) is 4.72 Å². The SMILES string of the molecule is Cc1csc(NS(=O)(=O)c2cc(C(=O)O)sc2Br)n1. The van der Waals surface area contributed by atoms with Crippen molar-refractivity contribution in [2.45, 2.75) is 11.8 Å². The number of rotatable bonds is 4. The van der Waals surface area contributed by atoms with Crippen LogP contribution >= 0.6 is 38.6 Å². The minimum atomic E-state index is -3.85. The third kappa shape index (κ3) is 3.14. The second kappa shape index (κ2) is 5.19. The van der Waals surface area contributed by atoms with Crippen LogP contribution in [0.15, 0.2) is 20.1 Å². The highest BCUT2D eigenvalue weighted by Crippen LogP contribution is 2.33. The van der Waals surface area contributed by atoms with Crippen molar-refractivity contribution < 1.29 is 18.3 Å². The largest absolute Gasteiger partial charge is 0.477 e. The molecule has 0 aliphatic rings. The number of thiophene rings is 1. The minimum absolute atomic E-state index is 0.0532. The molecule has 0 bridgehead atoms. The number of halogens is 1. The van der Waals surface area contributed by atoms with Crippen LogP contribution in [0.4, 0.5) is 5.13 Å². The second-order valence-electron chi connectivity index (χ2n) is 3.45. The normalized spacial score (nSPS) is 11.5. The first-order chi connectivity index (χ1) is 8.79. The van der Waals surface area contributed by atoms with Crippen LogP contribution in [0.2, 0.25) is 0 Å². The maximum Gasteiger partial charge on any atom is 0.345 e. The number of carbonyl (C=O) groups is 1. The molecule has 2 aromatic rings. The van der Waals surface area contributed by atoms with Gasteiger partial charge in [-0.15, -0.1) is 22.7 Å². The fraction of sp³-hybridized carbons (Fsp3) is 0.111. The summed E-state index contributed by atoms with van der Waals surface area (Å²) < 4.78 is 26.8. The highest BCUT2D eigenvalue weighted by atomic mass is 79.9. The number of nitrogens with one attached hydrogen (secondary N) is 1. The predicted molar refractivity (Wildman–Crippen MR) is 76.6 cm³/mol. The summed E-state index contributed by atoms with van der Waals surface area (Å²) >= 11 is 5.07. The van der Waals surface area contributed by atoms with E-state index in [0.717, 1.165) is 28.7 Å². The van der Waals surface area contributed by atoms with E-state index in [1.54, 1.807) is 12.3 Å². The summed E-state index contributed by atoms with van der Waals surface area (Å²) in [4.78, 5) is 14.7. The smallest absolute Gasteiger partial charge is 0.345 e. The van der Waals surface area contributed by atoms with Crippen molar-refractivity contribution in [1.82, 2.24) is 4.98 Å². The molecule has 6 nitrogen and oxygen atoms in total. The summed E-state index contributed by atoms with van der Waals surface area (Å²) in [5.41, 5.74) is 0.707. The maximum absolute atomic E-state index is 12.1. The summed E-state index contributed by atoms with van der Waals surface area (Å²) in [6.07, 6.45) is 0. The van der Waals surface area contributed by atoms with Crippen LogP contribution in [-0.2, 0) is 10.0 Å². The van der Waals surface area contributed by atoms with Crippen molar-refractivity contribution in [2.24, 2.45) is 0 Å². The molecule has 0 spiro atoms. The summed E-state index contributed by atoms with van der Waals surface area (Å²) in [5.74, 6) is -1.17. The number of hydrogen-bond donors (Lipinski definition) is 2. The van der Waals surface area contributed by atoms with Gasteiger partial charge in [0, 0.05) is 5.38 Å². The van der Waals surface area contributed by atoms with Crippen LogP contribution in [0, 0.1) is 6.92 Å². The Labute approximate surface area is 125 Å². The molecule has 0 radical (unpaired) electrons. The van der Waals surface area contributed by atoms with Crippen LogP contribution in [0.1, 0.15) is 15.4 Å². The molecule has 2 heterocycles. The molecule has 2 N–H and O–H groups in total. The van der Waals surface area contributed by atoms with Gasteiger partial charge in [-0.1, -0.05) is 0 Å². The Bertz CT molecular complexity index is 734. The zero-order chi connectivity index (χ0) is 14.2. The van der Waals surface area contributed by atoms with E-state index in [4.69, 9.17) is 5.11 Å². The van der Waals surface area contributed by atoms with Crippen LogP contribution < -0.4 is 4.72 Å². The van der Waals surface area contributed by atoms with Gasteiger partial charge in [0.1, 0.15) is 9.77 Å².